The largest absolute Gasteiger partial charge is 0.314 e. The number of piperazine rings is 1. The lowest BCUT2D eigenvalue weighted by molar-refractivity contribution is 0.202. The molecule has 1 saturated heterocycles. The van der Waals surface area contributed by atoms with Gasteiger partial charge in [0.1, 0.15) is 0 Å². The fraction of sp³-hybridized carbons (Fsp3) is 0.263. The predicted molar refractivity (Wildman–Crippen MR) is 114 cm³/mol. The van der Waals surface area contributed by atoms with Crippen molar-refractivity contribution >= 4 is 48.2 Å². The summed E-state index contributed by atoms with van der Waals surface area (Å²) in [4.78, 5) is 4.97. The molecule has 0 unspecified atom stereocenters. The highest BCUT2D eigenvalue weighted by Gasteiger charge is 2.21. The first-order valence-electron chi connectivity index (χ1n) is 7.87. The maximum Gasteiger partial charge on any atom is 0.0541 e. The van der Waals surface area contributed by atoms with Crippen LogP contribution < -0.4 is 5.32 Å². The van der Waals surface area contributed by atoms with Gasteiger partial charge in [0, 0.05) is 41.0 Å². The van der Waals surface area contributed by atoms with Crippen LogP contribution >= 0.6 is 48.2 Å². The molecule has 0 bridgehead atoms. The highest BCUT2D eigenvalue weighted by molar-refractivity contribution is 7.99. The van der Waals surface area contributed by atoms with Crippen LogP contribution in [-0.2, 0) is 0 Å². The Bertz CT molecular complexity index is 658. The number of benzene rings is 2. The molecule has 1 heterocycles. The molecule has 3 rings (SSSR count). The SMILES string of the molecule is C=C[C@@H](c1ccccc1Sc1ccc(Cl)cc1)N1CCNCC1.Cl.Cl. The number of hydrogen-bond donors (Lipinski definition) is 1. The summed E-state index contributed by atoms with van der Waals surface area (Å²) in [6.45, 7) is 8.27. The second-order valence-corrected chi connectivity index (χ2v) is 7.11. The molecule has 1 aliphatic rings. The molecule has 1 atom stereocenters. The van der Waals surface area contributed by atoms with Gasteiger partial charge in [-0.1, -0.05) is 47.6 Å². The van der Waals surface area contributed by atoms with Gasteiger partial charge in [0.25, 0.3) is 0 Å². The van der Waals surface area contributed by atoms with E-state index < -0.39 is 0 Å². The predicted octanol–water partition coefficient (Wildman–Crippen LogP) is 5.47. The Morgan fingerprint density at radius 2 is 1.68 bits per heavy atom. The Balaban J connectivity index is 0.00000156. The summed E-state index contributed by atoms with van der Waals surface area (Å²) >= 11 is 7.77. The molecule has 0 aliphatic carbocycles. The lowest BCUT2D eigenvalue weighted by atomic mass is 10.0. The molecular formula is C19H23Cl3N2S. The van der Waals surface area contributed by atoms with Crippen molar-refractivity contribution in [2.75, 3.05) is 26.2 Å². The maximum atomic E-state index is 5.99. The lowest BCUT2D eigenvalue weighted by Crippen LogP contribution is -2.44. The minimum absolute atomic E-state index is 0. The van der Waals surface area contributed by atoms with Gasteiger partial charge in [0.15, 0.2) is 0 Å². The minimum atomic E-state index is 0. The summed E-state index contributed by atoms with van der Waals surface area (Å²) in [6.07, 6.45) is 2.06. The van der Waals surface area contributed by atoms with Crippen LogP contribution in [0.1, 0.15) is 11.6 Å². The molecular weight excluding hydrogens is 395 g/mol. The Hall–Kier alpha value is -0.680. The molecule has 2 nitrogen and oxygen atoms in total. The Kier molecular flexibility index (Phi) is 9.95. The summed E-state index contributed by atoms with van der Waals surface area (Å²) in [7, 11) is 0. The molecule has 0 saturated carbocycles. The van der Waals surface area contributed by atoms with E-state index in [9.17, 15) is 0 Å². The van der Waals surface area contributed by atoms with E-state index in [4.69, 9.17) is 11.6 Å². The van der Waals surface area contributed by atoms with Crippen molar-refractivity contribution in [1.82, 2.24) is 10.2 Å². The normalized spacial score (nSPS) is 15.6. The van der Waals surface area contributed by atoms with Crippen molar-refractivity contribution in [2.45, 2.75) is 15.8 Å². The third kappa shape index (κ3) is 5.92. The number of rotatable bonds is 5. The molecule has 1 aliphatic heterocycles. The second-order valence-electron chi connectivity index (χ2n) is 5.56. The molecule has 1 N–H and O–H groups in total. The van der Waals surface area contributed by atoms with E-state index >= 15 is 0 Å². The Morgan fingerprint density at radius 3 is 2.32 bits per heavy atom. The van der Waals surface area contributed by atoms with Crippen molar-refractivity contribution in [2.24, 2.45) is 0 Å². The zero-order chi connectivity index (χ0) is 16.1. The van der Waals surface area contributed by atoms with Crippen LogP contribution in [0.15, 0.2) is 71.0 Å². The van der Waals surface area contributed by atoms with Crippen LogP contribution in [0.5, 0.6) is 0 Å². The van der Waals surface area contributed by atoms with Gasteiger partial charge < -0.3 is 5.32 Å². The second kappa shape index (κ2) is 11.1. The number of nitrogens with zero attached hydrogens (tertiary/aromatic N) is 1. The highest BCUT2D eigenvalue weighted by atomic mass is 35.5. The van der Waals surface area contributed by atoms with E-state index in [-0.39, 0.29) is 30.9 Å². The third-order valence-corrected chi connectivity index (χ3v) is 5.40. The molecule has 2 aromatic rings. The van der Waals surface area contributed by atoms with Crippen LogP contribution in [-0.4, -0.2) is 31.1 Å². The minimum Gasteiger partial charge on any atom is -0.314 e. The Morgan fingerprint density at radius 1 is 1.04 bits per heavy atom. The van der Waals surface area contributed by atoms with Gasteiger partial charge in [0.05, 0.1) is 6.04 Å². The van der Waals surface area contributed by atoms with Gasteiger partial charge in [-0.05, 0) is 35.9 Å². The monoisotopic (exact) mass is 416 g/mol. The van der Waals surface area contributed by atoms with Crippen molar-refractivity contribution in [1.29, 1.82) is 0 Å². The fourth-order valence-electron chi connectivity index (χ4n) is 2.88. The summed E-state index contributed by atoms with van der Waals surface area (Å²) in [5.74, 6) is 0. The third-order valence-electron chi connectivity index (χ3n) is 4.05. The van der Waals surface area contributed by atoms with Gasteiger partial charge in [0.2, 0.25) is 0 Å². The van der Waals surface area contributed by atoms with Crippen molar-refractivity contribution in [3.05, 3.63) is 71.8 Å². The fourth-order valence-corrected chi connectivity index (χ4v) is 3.99. The molecule has 0 spiro atoms. The van der Waals surface area contributed by atoms with E-state index in [0.29, 0.717) is 0 Å². The van der Waals surface area contributed by atoms with E-state index in [0.717, 1.165) is 31.2 Å². The summed E-state index contributed by atoms with van der Waals surface area (Å²) in [5, 5.41) is 4.18. The van der Waals surface area contributed by atoms with E-state index in [1.807, 2.05) is 12.1 Å². The molecule has 0 amide bonds. The van der Waals surface area contributed by atoms with Crippen LogP contribution in [0.3, 0.4) is 0 Å². The van der Waals surface area contributed by atoms with Gasteiger partial charge in [-0.25, -0.2) is 0 Å². The van der Waals surface area contributed by atoms with Crippen molar-refractivity contribution in [3.63, 3.8) is 0 Å². The standard InChI is InChI=1S/C19H21ClN2S.2ClH/c1-2-18(22-13-11-21-12-14-22)17-5-3-4-6-19(17)23-16-9-7-15(20)8-10-16;;/h2-10,18,21H,1,11-14H2;2*1H/t18-;;/m0../s1. The van der Waals surface area contributed by atoms with Crippen LogP contribution in [0.25, 0.3) is 0 Å². The number of hydrogen-bond acceptors (Lipinski definition) is 3. The van der Waals surface area contributed by atoms with Crippen molar-refractivity contribution < 1.29 is 0 Å². The smallest absolute Gasteiger partial charge is 0.0541 e. The van der Waals surface area contributed by atoms with Gasteiger partial charge in [-0.15, -0.1) is 31.4 Å². The van der Waals surface area contributed by atoms with E-state index in [1.54, 1.807) is 11.8 Å². The van der Waals surface area contributed by atoms with Crippen LogP contribution in [0.2, 0.25) is 5.02 Å². The van der Waals surface area contributed by atoms with Crippen LogP contribution in [0.4, 0.5) is 0 Å². The Labute approximate surface area is 171 Å². The number of nitrogens with one attached hydrogen (secondary N) is 1. The van der Waals surface area contributed by atoms with Crippen LogP contribution in [0, 0.1) is 0 Å². The van der Waals surface area contributed by atoms with E-state index in [2.05, 4.69) is 59.3 Å². The molecule has 0 radical (unpaired) electrons. The first-order chi connectivity index (χ1) is 11.3. The van der Waals surface area contributed by atoms with Crippen molar-refractivity contribution in [3.8, 4) is 0 Å². The zero-order valence-electron chi connectivity index (χ0n) is 13.9. The van der Waals surface area contributed by atoms with E-state index in [1.165, 1.54) is 15.4 Å². The maximum absolute atomic E-state index is 5.99. The lowest BCUT2D eigenvalue weighted by Gasteiger charge is -2.34. The molecule has 0 aromatic heterocycles. The highest BCUT2D eigenvalue weighted by Crippen LogP contribution is 2.36. The average Bonchev–Trinajstić information content (AvgIpc) is 2.60. The topological polar surface area (TPSA) is 15.3 Å². The molecule has 1 fully saturated rings. The first kappa shape index (κ1) is 22.4. The molecule has 136 valence electrons. The summed E-state index contributed by atoms with van der Waals surface area (Å²) < 4.78 is 0. The first-order valence-corrected chi connectivity index (χ1v) is 9.07. The van der Waals surface area contributed by atoms with Gasteiger partial charge in [-0.2, -0.15) is 0 Å². The van der Waals surface area contributed by atoms with Gasteiger partial charge >= 0.3 is 0 Å². The van der Waals surface area contributed by atoms with Gasteiger partial charge in [-0.3, -0.25) is 4.90 Å². The molecule has 2 aromatic carbocycles. The summed E-state index contributed by atoms with van der Waals surface area (Å²) in [6, 6.07) is 16.9. The summed E-state index contributed by atoms with van der Waals surface area (Å²) in [5.41, 5.74) is 1.32. The number of halogens is 3. The zero-order valence-corrected chi connectivity index (χ0v) is 17.1. The average molecular weight is 418 g/mol. The quantitative estimate of drug-likeness (QED) is 0.650. The molecule has 25 heavy (non-hydrogen) atoms. The molecule has 6 heteroatoms.